The number of ether oxygens (including phenoxy) is 2. The predicted octanol–water partition coefficient (Wildman–Crippen LogP) is 3.41. The molecule has 0 unspecified atom stereocenters. The lowest BCUT2D eigenvalue weighted by atomic mass is 9.98. The van der Waals surface area contributed by atoms with Gasteiger partial charge in [-0.05, 0) is 63.9 Å². The SMILES string of the molecule is CCOC(=O)c1[nH]c2ccc(OC)cc2c1NC(=O)[C@H](C)N1CCC(C)CC1. The van der Waals surface area contributed by atoms with Gasteiger partial charge >= 0.3 is 5.97 Å². The summed E-state index contributed by atoms with van der Waals surface area (Å²) in [6, 6.07) is 5.15. The molecule has 1 atom stereocenters. The summed E-state index contributed by atoms with van der Waals surface area (Å²) in [6.45, 7) is 7.97. The van der Waals surface area contributed by atoms with Gasteiger partial charge in [0.25, 0.3) is 0 Å². The monoisotopic (exact) mass is 387 g/mol. The number of methoxy groups -OCH3 is 1. The molecular formula is C21H29N3O4. The third kappa shape index (κ3) is 4.14. The molecule has 7 nitrogen and oxygen atoms in total. The molecule has 0 spiro atoms. The van der Waals surface area contributed by atoms with Crippen LogP contribution in [0, 0.1) is 5.92 Å². The number of carbonyl (C=O) groups excluding carboxylic acids is 2. The molecule has 7 heteroatoms. The van der Waals surface area contributed by atoms with Gasteiger partial charge in [-0.15, -0.1) is 0 Å². The Bertz CT molecular complexity index is 853. The topological polar surface area (TPSA) is 83.7 Å². The van der Waals surface area contributed by atoms with Gasteiger partial charge in [0.2, 0.25) is 5.91 Å². The van der Waals surface area contributed by atoms with Crippen LogP contribution in [0.3, 0.4) is 0 Å². The van der Waals surface area contributed by atoms with Crippen molar-refractivity contribution in [2.24, 2.45) is 5.92 Å². The quantitative estimate of drug-likeness (QED) is 0.742. The standard InChI is InChI=1S/C21H29N3O4/c1-5-28-21(26)19-18(16-12-15(27-4)6-7-17(16)22-19)23-20(25)14(3)24-10-8-13(2)9-11-24/h6-7,12-14,22H,5,8-11H2,1-4H3,(H,23,25)/t14-/m0/s1. The average molecular weight is 387 g/mol. The molecule has 0 radical (unpaired) electrons. The number of nitrogens with zero attached hydrogens (tertiary/aromatic N) is 1. The molecule has 1 aromatic carbocycles. The second-order valence-corrected chi connectivity index (χ2v) is 7.39. The number of nitrogens with one attached hydrogen (secondary N) is 2. The highest BCUT2D eigenvalue weighted by atomic mass is 16.5. The van der Waals surface area contributed by atoms with Crippen LogP contribution in [-0.4, -0.2) is 54.6 Å². The number of amides is 1. The van der Waals surface area contributed by atoms with Crippen molar-refractivity contribution in [2.75, 3.05) is 32.1 Å². The van der Waals surface area contributed by atoms with E-state index in [2.05, 4.69) is 22.1 Å². The maximum absolute atomic E-state index is 13.0. The first-order chi connectivity index (χ1) is 13.4. The number of rotatable bonds is 6. The van der Waals surface area contributed by atoms with E-state index < -0.39 is 5.97 Å². The van der Waals surface area contributed by atoms with Crippen LogP contribution in [0.25, 0.3) is 10.9 Å². The summed E-state index contributed by atoms with van der Waals surface area (Å²) in [4.78, 5) is 30.7. The van der Waals surface area contributed by atoms with Crippen LogP contribution in [0.4, 0.5) is 5.69 Å². The Morgan fingerprint density at radius 1 is 1.32 bits per heavy atom. The minimum Gasteiger partial charge on any atom is -0.497 e. The number of benzene rings is 1. The first-order valence-corrected chi connectivity index (χ1v) is 9.86. The van der Waals surface area contributed by atoms with Gasteiger partial charge in [0, 0.05) is 10.9 Å². The Morgan fingerprint density at radius 3 is 2.68 bits per heavy atom. The van der Waals surface area contributed by atoms with Crippen LogP contribution in [-0.2, 0) is 9.53 Å². The van der Waals surface area contributed by atoms with Gasteiger partial charge in [-0.2, -0.15) is 0 Å². The van der Waals surface area contributed by atoms with Crippen LogP contribution in [0.5, 0.6) is 5.75 Å². The molecule has 1 aliphatic heterocycles. The summed E-state index contributed by atoms with van der Waals surface area (Å²) in [5, 5.41) is 3.68. The van der Waals surface area contributed by atoms with E-state index in [1.54, 1.807) is 26.2 Å². The lowest BCUT2D eigenvalue weighted by Crippen LogP contribution is -2.45. The van der Waals surface area contributed by atoms with E-state index in [0.29, 0.717) is 17.4 Å². The Kier molecular flexibility index (Phi) is 6.24. The first kappa shape index (κ1) is 20.2. The van der Waals surface area contributed by atoms with Crippen molar-refractivity contribution in [1.82, 2.24) is 9.88 Å². The van der Waals surface area contributed by atoms with Crippen molar-refractivity contribution in [1.29, 1.82) is 0 Å². The second kappa shape index (κ2) is 8.65. The van der Waals surface area contributed by atoms with Crippen molar-refractivity contribution < 1.29 is 19.1 Å². The molecule has 28 heavy (non-hydrogen) atoms. The molecule has 0 bridgehead atoms. The summed E-state index contributed by atoms with van der Waals surface area (Å²) >= 11 is 0. The average Bonchev–Trinajstić information content (AvgIpc) is 3.05. The van der Waals surface area contributed by atoms with Crippen molar-refractivity contribution in [2.45, 2.75) is 39.7 Å². The van der Waals surface area contributed by atoms with Crippen molar-refractivity contribution >= 4 is 28.5 Å². The smallest absolute Gasteiger partial charge is 0.356 e. The zero-order valence-corrected chi connectivity index (χ0v) is 17.0. The third-order valence-corrected chi connectivity index (χ3v) is 5.48. The number of aromatic amines is 1. The number of H-pyrrole nitrogens is 1. The number of hydrogen-bond donors (Lipinski definition) is 2. The van der Waals surface area contributed by atoms with Crippen molar-refractivity contribution in [3.05, 3.63) is 23.9 Å². The lowest BCUT2D eigenvalue weighted by molar-refractivity contribution is -0.121. The molecule has 1 fully saturated rings. The second-order valence-electron chi connectivity index (χ2n) is 7.39. The van der Waals surface area contributed by atoms with Crippen molar-refractivity contribution in [3.63, 3.8) is 0 Å². The van der Waals surface area contributed by atoms with Gasteiger partial charge in [0.1, 0.15) is 11.4 Å². The molecule has 0 aliphatic carbocycles. The molecule has 0 saturated carbocycles. The maximum atomic E-state index is 13.0. The zero-order valence-electron chi connectivity index (χ0n) is 17.0. The number of likely N-dealkylation sites (tertiary alicyclic amines) is 1. The Morgan fingerprint density at radius 2 is 2.04 bits per heavy atom. The van der Waals surface area contributed by atoms with Crippen LogP contribution in [0.15, 0.2) is 18.2 Å². The van der Waals surface area contributed by atoms with Gasteiger partial charge in [-0.3, -0.25) is 9.69 Å². The highest BCUT2D eigenvalue weighted by molar-refractivity contribution is 6.12. The van der Waals surface area contributed by atoms with Gasteiger partial charge in [-0.25, -0.2) is 4.79 Å². The van der Waals surface area contributed by atoms with Crippen LogP contribution >= 0.6 is 0 Å². The number of hydrogen-bond acceptors (Lipinski definition) is 5. The number of piperidine rings is 1. The number of carbonyl (C=O) groups is 2. The first-order valence-electron chi connectivity index (χ1n) is 9.86. The number of fused-ring (bicyclic) bond motifs is 1. The molecule has 1 aliphatic rings. The molecule has 1 saturated heterocycles. The molecule has 1 amide bonds. The van der Waals surface area contributed by atoms with E-state index in [1.807, 2.05) is 13.0 Å². The highest BCUT2D eigenvalue weighted by Crippen LogP contribution is 2.32. The summed E-state index contributed by atoms with van der Waals surface area (Å²) in [7, 11) is 1.58. The fourth-order valence-electron chi connectivity index (χ4n) is 3.59. The summed E-state index contributed by atoms with van der Waals surface area (Å²) in [5.41, 5.74) is 1.42. The predicted molar refractivity (Wildman–Crippen MR) is 109 cm³/mol. The summed E-state index contributed by atoms with van der Waals surface area (Å²) in [6.07, 6.45) is 2.19. The minimum absolute atomic E-state index is 0.135. The van der Waals surface area contributed by atoms with E-state index in [1.165, 1.54) is 0 Å². The lowest BCUT2D eigenvalue weighted by Gasteiger charge is -2.34. The Balaban J connectivity index is 1.90. The maximum Gasteiger partial charge on any atom is 0.356 e. The molecule has 2 N–H and O–H groups in total. The fraction of sp³-hybridized carbons (Fsp3) is 0.524. The Labute approximate surface area is 165 Å². The fourth-order valence-corrected chi connectivity index (χ4v) is 3.59. The van der Waals surface area contributed by atoms with E-state index in [4.69, 9.17) is 9.47 Å². The highest BCUT2D eigenvalue weighted by Gasteiger charge is 2.28. The molecule has 2 heterocycles. The largest absolute Gasteiger partial charge is 0.497 e. The minimum atomic E-state index is -0.493. The molecule has 1 aromatic heterocycles. The molecule has 152 valence electrons. The van der Waals surface area contributed by atoms with Gasteiger partial charge in [0.15, 0.2) is 0 Å². The van der Waals surface area contributed by atoms with Gasteiger partial charge in [-0.1, -0.05) is 6.92 Å². The van der Waals surface area contributed by atoms with Crippen LogP contribution < -0.4 is 10.1 Å². The van der Waals surface area contributed by atoms with E-state index in [9.17, 15) is 9.59 Å². The number of aromatic nitrogens is 1. The van der Waals surface area contributed by atoms with E-state index in [-0.39, 0.29) is 24.2 Å². The third-order valence-electron chi connectivity index (χ3n) is 5.48. The summed E-state index contributed by atoms with van der Waals surface area (Å²) in [5.74, 6) is 0.717. The summed E-state index contributed by atoms with van der Waals surface area (Å²) < 4.78 is 10.5. The van der Waals surface area contributed by atoms with E-state index in [0.717, 1.165) is 36.8 Å². The van der Waals surface area contributed by atoms with Crippen LogP contribution in [0.1, 0.15) is 44.1 Å². The van der Waals surface area contributed by atoms with Gasteiger partial charge in [0.05, 0.1) is 25.4 Å². The number of anilines is 1. The normalized spacial score (nSPS) is 16.7. The molecule has 2 aromatic rings. The Hall–Kier alpha value is -2.54. The number of esters is 1. The zero-order chi connectivity index (χ0) is 20.3. The van der Waals surface area contributed by atoms with Gasteiger partial charge < -0.3 is 19.8 Å². The molecular weight excluding hydrogens is 358 g/mol. The van der Waals surface area contributed by atoms with Crippen LogP contribution in [0.2, 0.25) is 0 Å². The molecule has 3 rings (SSSR count). The van der Waals surface area contributed by atoms with Crippen molar-refractivity contribution in [3.8, 4) is 5.75 Å². The van der Waals surface area contributed by atoms with E-state index >= 15 is 0 Å².